The van der Waals surface area contributed by atoms with Crippen LogP contribution in [-0.2, 0) is 52.4 Å². The topological polar surface area (TPSA) is 97.7 Å². The maximum Gasteiger partial charge on any atom is 0.416 e. The highest BCUT2D eigenvalue weighted by Crippen LogP contribution is 2.30. The van der Waals surface area contributed by atoms with E-state index in [9.17, 15) is 45.5 Å². The lowest BCUT2D eigenvalue weighted by atomic mass is 9.98. The number of hydrogen-bond acceptors (Lipinski definition) is 5. The Morgan fingerprint density at radius 3 is 1.38 bits per heavy atom. The molecular formula is C35H28F6O6. The number of ether oxygens (including phenoxy) is 1. The van der Waals surface area contributed by atoms with Crippen molar-refractivity contribution in [2.75, 3.05) is 7.11 Å². The second kappa shape index (κ2) is 15.8. The summed E-state index contributed by atoms with van der Waals surface area (Å²) in [5, 5.41) is 9.06. The lowest BCUT2D eigenvalue weighted by Crippen LogP contribution is -2.12. The molecule has 4 aromatic carbocycles. The van der Waals surface area contributed by atoms with Crippen LogP contribution in [0, 0.1) is 0 Å². The second-order valence-electron chi connectivity index (χ2n) is 10.3. The molecule has 0 aromatic heterocycles. The third-order valence-corrected chi connectivity index (χ3v) is 6.76. The number of benzene rings is 4. The van der Waals surface area contributed by atoms with Gasteiger partial charge in [0.05, 0.1) is 29.4 Å². The van der Waals surface area contributed by atoms with E-state index in [0.29, 0.717) is 11.1 Å². The van der Waals surface area contributed by atoms with Gasteiger partial charge in [0.15, 0.2) is 0 Å². The number of aromatic carboxylic acids is 1. The van der Waals surface area contributed by atoms with E-state index < -0.39 is 35.4 Å². The van der Waals surface area contributed by atoms with Gasteiger partial charge in [-0.15, -0.1) is 0 Å². The van der Waals surface area contributed by atoms with Gasteiger partial charge in [-0.2, -0.15) is 26.3 Å². The zero-order chi connectivity index (χ0) is 34.8. The molecule has 0 aliphatic rings. The Labute approximate surface area is 265 Å². The molecule has 12 heteroatoms. The SMILES string of the molecule is COC(=O)c1ccccc1CC(=O)Cc1cccc(C(F)(F)F)c1.O=C(Cc1cccc(C(F)(F)F)c1)Cc1ccccc1C(=O)O. The van der Waals surface area contributed by atoms with Crippen LogP contribution in [0.4, 0.5) is 26.3 Å². The normalized spacial score (nSPS) is 11.2. The average Bonchev–Trinajstić information content (AvgIpc) is 3.01. The van der Waals surface area contributed by atoms with E-state index >= 15 is 0 Å². The van der Waals surface area contributed by atoms with Crippen LogP contribution < -0.4 is 0 Å². The van der Waals surface area contributed by atoms with E-state index in [2.05, 4.69) is 4.74 Å². The quantitative estimate of drug-likeness (QED) is 0.139. The Kier molecular flexibility index (Phi) is 12.2. The van der Waals surface area contributed by atoms with Gasteiger partial charge in [0.2, 0.25) is 0 Å². The fourth-order valence-corrected chi connectivity index (χ4v) is 4.59. The number of methoxy groups -OCH3 is 1. The van der Waals surface area contributed by atoms with Crippen LogP contribution in [0.3, 0.4) is 0 Å². The van der Waals surface area contributed by atoms with Crippen molar-refractivity contribution in [3.8, 4) is 0 Å². The van der Waals surface area contributed by atoms with Crippen molar-refractivity contribution in [2.24, 2.45) is 0 Å². The molecule has 0 heterocycles. The molecule has 6 nitrogen and oxygen atoms in total. The molecule has 47 heavy (non-hydrogen) atoms. The molecular weight excluding hydrogens is 630 g/mol. The van der Waals surface area contributed by atoms with Crippen molar-refractivity contribution < 1.29 is 55.4 Å². The van der Waals surface area contributed by atoms with Gasteiger partial charge in [0.25, 0.3) is 0 Å². The van der Waals surface area contributed by atoms with Crippen LogP contribution in [0.15, 0.2) is 97.1 Å². The number of ketones is 2. The summed E-state index contributed by atoms with van der Waals surface area (Å²) < 4.78 is 80.7. The van der Waals surface area contributed by atoms with E-state index in [1.165, 1.54) is 43.5 Å². The molecule has 0 aliphatic heterocycles. The molecule has 0 spiro atoms. The zero-order valence-corrected chi connectivity index (χ0v) is 24.8. The lowest BCUT2D eigenvalue weighted by Gasteiger charge is -2.09. The van der Waals surface area contributed by atoms with Gasteiger partial charge < -0.3 is 9.84 Å². The Morgan fingerprint density at radius 2 is 0.979 bits per heavy atom. The maximum atomic E-state index is 12.7. The minimum absolute atomic E-state index is 0.0184. The van der Waals surface area contributed by atoms with Crippen LogP contribution in [-0.4, -0.2) is 35.7 Å². The molecule has 4 rings (SSSR count). The summed E-state index contributed by atoms with van der Waals surface area (Å²) in [7, 11) is 1.24. The molecule has 0 aliphatic carbocycles. The number of carboxylic acids is 1. The van der Waals surface area contributed by atoms with Crippen molar-refractivity contribution in [3.05, 3.63) is 142 Å². The van der Waals surface area contributed by atoms with Crippen molar-refractivity contribution >= 4 is 23.5 Å². The van der Waals surface area contributed by atoms with Crippen LogP contribution >= 0.6 is 0 Å². The number of hydrogen-bond donors (Lipinski definition) is 1. The van der Waals surface area contributed by atoms with Crippen molar-refractivity contribution in [3.63, 3.8) is 0 Å². The minimum Gasteiger partial charge on any atom is -0.478 e. The molecule has 0 saturated carbocycles. The highest BCUT2D eigenvalue weighted by molar-refractivity contribution is 5.94. The van der Waals surface area contributed by atoms with Gasteiger partial charge >= 0.3 is 24.3 Å². The minimum atomic E-state index is -4.46. The van der Waals surface area contributed by atoms with E-state index in [4.69, 9.17) is 5.11 Å². The standard InChI is InChI=1S/C18H15F3O3.C17H13F3O3/c1-24-17(23)16-8-3-2-6-13(16)11-15(22)10-12-5-4-7-14(9-12)18(19,20)21;18-17(19,20)13-6-3-4-11(8-13)9-14(21)10-12-5-1-2-7-15(12)16(22)23/h2-9H,10-11H2,1H3;1-8H,9-10H2,(H,22,23). The first-order valence-corrected chi connectivity index (χ1v) is 13.9. The van der Waals surface area contributed by atoms with E-state index in [1.54, 1.807) is 36.4 Å². The average molecular weight is 659 g/mol. The Balaban J connectivity index is 0.000000256. The fourth-order valence-electron chi connectivity index (χ4n) is 4.59. The molecule has 246 valence electrons. The Morgan fingerprint density at radius 1 is 0.574 bits per heavy atom. The molecule has 0 amide bonds. The molecule has 0 unspecified atom stereocenters. The summed E-state index contributed by atoms with van der Waals surface area (Å²) in [6, 6.07) is 21.8. The smallest absolute Gasteiger partial charge is 0.416 e. The molecule has 4 aromatic rings. The Bertz CT molecular complexity index is 1740. The third kappa shape index (κ3) is 10.9. The summed E-state index contributed by atoms with van der Waals surface area (Å²) >= 11 is 0. The first-order valence-electron chi connectivity index (χ1n) is 13.9. The van der Waals surface area contributed by atoms with Crippen LogP contribution in [0.25, 0.3) is 0 Å². The lowest BCUT2D eigenvalue weighted by molar-refractivity contribution is -0.138. The zero-order valence-electron chi connectivity index (χ0n) is 24.8. The third-order valence-electron chi connectivity index (χ3n) is 6.76. The highest BCUT2D eigenvalue weighted by atomic mass is 19.4. The number of halogens is 6. The summed E-state index contributed by atoms with van der Waals surface area (Å²) in [5.74, 6) is -2.34. The molecule has 0 radical (unpaired) electrons. The monoisotopic (exact) mass is 658 g/mol. The number of carboxylic acid groups (broad SMARTS) is 1. The summed E-state index contributed by atoms with van der Waals surface area (Å²) in [4.78, 5) is 47.0. The maximum absolute atomic E-state index is 12.7. The van der Waals surface area contributed by atoms with Gasteiger partial charge in [-0.05, 0) is 46.5 Å². The fraction of sp³-hybridized carbons (Fsp3) is 0.200. The largest absolute Gasteiger partial charge is 0.478 e. The van der Waals surface area contributed by atoms with Gasteiger partial charge in [-0.3, -0.25) is 9.59 Å². The van der Waals surface area contributed by atoms with Gasteiger partial charge in [-0.1, -0.05) is 72.8 Å². The molecule has 0 atom stereocenters. The molecule has 0 bridgehead atoms. The number of esters is 1. The number of alkyl halides is 6. The number of Topliss-reactive ketones (excluding diaryl/α,β-unsaturated/α-hetero) is 2. The Hall–Kier alpha value is -5.26. The van der Waals surface area contributed by atoms with Crippen molar-refractivity contribution in [1.82, 2.24) is 0 Å². The first-order chi connectivity index (χ1) is 22.1. The summed E-state index contributed by atoms with van der Waals surface area (Å²) in [6.45, 7) is 0. The summed E-state index contributed by atoms with van der Waals surface area (Å²) in [6.07, 6.45) is -9.43. The summed E-state index contributed by atoms with van der Waals surface area (Å²) in [5.41, 5.74) is 0.0556. The number of carbonyl (C=O) groups is 4. The van der Waals surface area contributed by atoms with Crippen molar-refractivity contribution in [2.45, 2.75) is 38.0 Å². The first kappa shape index (κ1) is 36.2. The van der Waals surface area contributed by atoms with Crippen LogP contribution in [0.5, 0.6) is 0 Å². The van der Waals surface area contributed by atoms with Crippen LogP contribution in [0.2, 0.25) is 0 Å². The van der Waals surface area contributed by atoms with Crippen LogP contribution in [0.1, 0.15) is 54.1 Å². The van der Waals surface area contributed by atoms with Gasteiger partial charge in [0.1, 0.15) is 11.6 Å². The second-order valence-corrected chi connectivity index (χ2v) is 10.3. The molecule has 0 fully saturated rings. The van der Waals surface area contributed by atoms with E-state index in [-0.39, 0.29) is 59.5 Å². The predicted octanol–water partition coefficient (Wildman–Crippen LogP) is 7.60. The van der Waals surface area contributed by atoms with E-state index in [1.807, 2.05) is 0 Å². The van der Waals surface area contributed by atoms with Gasteiger partial charge in [0, 0.05) is 25.7 Å². The highest BCUT2D eigenvalue weighted by Gasteiger charge is 2.31. The van der Waals surface area contributed by atoms with Gasteiger partial charge in [-0.25, -0.2) is 9.59 Å². The predicted molar refractivity (Wildman–Crippen MR) is 159 cm³/mol. The van der Waals surface area contributed by atoms with E-state index in [0.717, 1.165) is 24.3 Å². The molecule has 1 N–H and O–H groups in total. The number of carbonyl (C=O) groups excluding carboxylic acids is 3. The molecule has 0 saturated heterocycles. The van der Waals surface area contributed by atoms with Crippen molar-refractivity contribution in [1.29, 1.82) is 0 Å². The number of rotatable bonds is 10.